The van der Waals surface area contributed by atoms with Gasteiger partial charge in [-0.25, -0.2) is 0 Å². The molecule has 2 aliphatic rings. The molecule has 4 atom stereocenters. The molecule has 1 heteroatoms. The molecule has 1 N–H and O–H groups in total. The van der Waals surface area contributed by atoms with Crippen LogP contribution in [-0.2, 0) is 0 Å². The number of hydrogen-bond donors (Lipinski definition) is 1. The van der Waals surface area contributed by atoms with E-state index in [1.807, 2.05) is 0 Å². The van der Waals surface area contributed by atoms with Gasteiger partial charge in [-0.3, -0.25) is 0 Å². The fourth-order valence-electron chi connectivity index (χ4n) is 3.62. The van der Waals surface area contributed by atoms with E-state index in [0.29, 0.717) is 0 Å². The third kappa shape index (κ3) is 1.84. The predicted octanol–water partition coefficient (Wildman–Crippen LogP) is 3.20. The summed E-state index contributed by atoms with van der Waals surface area (Å²) < 4.78 is 0. The van der Waals surface area contributed by atoms with Gasteiger partial charge in [0.25, 0.3) is 0 Å². The maximum atomic E-state index is 3.75. The second-order valence-electron chi connectivity index (χ2n) is 5.30. The smallest absolute Gasteiger partial charge is 0.0126 e. The number of nitrogens with one attached hydrogen (secondary N) is 1. The lowest BCUT2D eigenvalue weighted by atomic mass is 9.59. The van der Waals surface area contributed by atoms with Crippen LogP contribution in [0.3, 0.4) is 0 Å². The van der Waals surface area contributed by atoms with Crippen LogP contribution in [0.5, 0.6) is 0 Å². The normalized spacial score (nSPS) is 42.4. The van der Waals surface area contributed by atoms with E-state index in [1.165, 1.54) is 45.1 Å². The van der Waals surface area contributed by atoms with Gasteiger partial charge < -0.3 is 5.32 Å². The van der Waals surface area contributed by atoms with Crippen molar-refractivity contribution in [3.8, 4) is 0 Å². The molecule has 4 unspecified atom stereocenters. The molecule has 0 saturated heterocycles. The van der Waals surface area contributed by atoms with E-state index in [1.54, 1.807) is 0 Å². The first-order chi connectivity index (χ1) is 6.84. The Hall–Kier alpha value is -0.0400. The third-order valence-corrected chi connectivity index (χ3v) is 4.46. The maximum absolute atomic E-state index is 3.75. The Labute approximate surface area is 88.7 Å². The van der Waals surface area contributed by atoms with E-state index in [9.17, 15) is 0 Å². The highest BCUT2D eigenvalue weighted by atomic mass is 15.0. The molecule has 2 saturated carbocycles. The Morgan fingerprint density at radius 1 is 1.07 bits per heavy atom. The van der Waals surface area contributed by atoms with Crippen LogP contribution < -0.4 is 5.32 Å². The number of hydrogen-bond acceptors (Lipinski definition) is 1. The van der Waals surface area contributed by atoms with Crippen molar-refractivity contribution < 1.29 is 0 Å². The number of fused-ring (bicyclic) bond motifs is 1. The zero-order valence-electron chi connectivity index (χ0n) is 9.76. The van der Waals surface area contributed by atoms with Crippen LogP contribution in [0, 0.1) is 17.8 Å². The molecular formula is C13H25N. The third-order valence-electron chi connectivity index (χ3n) is 4.46. The summed E-state index contributed by atoms with van der Waals surface area (Å²) in [6, 6.07) is 0.859. The van der Waals surface area contributed by atoms with Gasteiger partial charge >= 0.3 is 0 Å². The number of rotatable bonds is 3. The largest absolute Gasteiger partial charge is 0.313 e. The van der Waals surface area contributed by atoms with Crippen LogP contribution in [0.15, 0.2) is 0 Å². The van der Waals surface area contributed by atoms with Crippen molar-refractivity contribution in [1.29, 1.82) is 0 Å². The van der Waals surface area contributed by atoms with E-state index in [4.69, 9.17) is 0 Å². The van der Waals surface area contributed by atoms with E-state index in [-0.39, 0.29) is 0 Å². The molecule has 0 aromatic rings. The molecule has 0 aliphatic heterocycles. The minimum absolute atomic E-state index is 0.859. The predicted molar refractivity (Wildman–Crippen MR) is 61.3 cm³/mol. The summed E-state index contributed by atoms with van der Waals surface area (Å²) in [5.74, 6) is 3.04. The lowest BCUT2D eigenvalue weighted by molar-refractivity contribution is 0.0194. The van der Waals surface area contributed by atoms with Crippen LogP contribution in [0.2, 0.25) is 0 Å². The van der Waals surface area contributed by atoms with Crippen molar-refractivity contribution in [3.05, 3.63) is 0 Å². The maximum Gasteiger partial charge on any atom is 0.0126 e. The van der Waals surface area contributed by atoms with Gasteiger partial charge in [0.15, 0.2) is 0 Å². The molecular weight excluding hydrogens is 170 g/mol. The van der Waals surface area contributed by atoms with Gasteiger partial charge in [0.05, 0.1) is 0 Å². The molecule has 0 spiro atoms. The highest BCUT2D eigenvalue weighted by Crippen LogP contribution is 2.47. The molecule has 2 rings (SSSR count). The van der Waals surface area contributed by atoms with Gasteiger partial charge in [0.1, 0.15) is 0 Å². The van der Waals surface area contributed by atoms with E-state index in [2.05, 4.69) is 19.2 Å². The summed E-state index contributed by atoms with van der Waals surface area (Å²) in [7, 11) is 0. The van der Waals surface area contributed by atoms with Gasteiger partial charge in [0.2, 0.25) is 0 Å². The summed E-state index contributed by atoms with van der Waals surface area (Å²) in [6.07, 6.45) is 8.75. The van der Waals surface area contributed by atoms with Crippen molar-refractivity contribution in [2.75, 3.05) is 6.54 Å². The van der Waals surface area contributed by atoms with Crippen molar-refractivity contribution in [2.24, 2.45) is 17.8 Å². The van der Waals surface area contributed by atoms with Crippen LogP contribution in [-0.4, -0.2) is 12.6 Å². The Balaban J connectivity index is 1.87. The molecule has 0 aromatic heterocycles. The molecule has 0 radical (unpaired) electrons. The summed E-state index contributed by atoms with van der Waals surface area (Å²) in [5, 5.41) is 3.75. The van der Waals surface area contributed by atoms with Crippen molar-refractivity contribution in [1.82, 2.24) is 5.32 Å². The molecule has 2 fully saturated rings. The average Bonchev–Trinajstić information content (AvgIpc) is 2.41. The Morgan fingerprint density at radius 2 is 1.79 bits per heavy atom. The first-order valence-corrected chi connectivity index (χ1v) is 6.58. The van der Waals surface area contributed by atoms with Gasteiger partial charge in [0, 0.05) is 6.04 Å². The summed E-state index contributed by atoms with van der Waals surface area (Å²) >= 11 is 0. The average molecular weight is 195 g/mol. The Kier molecular flexibility index (Phi) is 3.48. The van der Waals surface area contributed by atoms with Crippen LogP contribution in [0.4, 0.5) is 0 Å². The SMILES string of the molecule is CCCNC1C(C)C2CCCCCC21. The zero-order chi connectivity index (χ0) is 9.97. The lowest BCUT2D eigenvalue weighted by Crippen LogP contribution is -2.57. The molecule has 14 heavy (non-hydrogen) atoms. The van der Waals surface area contributed by atoms with Crippen molar-refractivity contribution in [2.45, 2.75) is 58.4 Å². The standard InChI is InChI=1S/C13H25N/c1-3-9-14-13-10(2)11-7-5-4-6-8-12(11)13/h10-14H,3-9H2,1-2H3. The first-order valence-electron chi connectivity index (χ1n) is 6.58. The molecule has 82 valence electrons. The quantitative estimate of drug-likeness (QED) is 0.729. The summed E-state index contributed by atoms with van der Waals surface area (Å²) in [5.41, 5.74) is 0. The fraction of sp³-hybridized carbons (Fsp3) is 1.00. The van der Waals surface area contributed by atoms with E-state index >= 15 is 0 Å². The molecule has 0 aromatic carbocycles. The highest BCUT2D eigenvalue weighted by molar-refractivity contribution is 5.00. The minimum atomic E-state index is 0.859. The van der Waals surface area contributed by atoms with Gasteiger partial charge in [-0.15, -0.1) is 0 Å². The zero-order valence-corrected chi connectivity index (χ0v) is 9.76. The van der Waals surface area contributed by atoms with Crippen molar-refractivity contribution >= 4 is 0 Å². The molecule has 0 bridgehead atoms. The monoisotopic (exact) mass is 195 g/mol. The van der Waals surface area contributed by atoms with Crippen LogP contribution >= 0.6 is 0 Å². The Morgan fingerprint density at radius 3 is 2.50 bits per heavy atom. The second-order valence-corrected chi connectivity index (χ2v) is 5.30. The van der Waals surface area contributed by atoms with E-state index < -0.39 is 0 Å². The molecule has 1 nitrogen and oxygen atoms in total. The van der Waals surface area contributed by atoms with E-state index in [0.717, 1.165) is 23.8 Å². The topological polar surface area (TPSA) is 12.0 Å². The minimum Gasteiger partial charge on any atom is -0.313 e. The first kappa shape index (κ1) is 10.5. The molecule has 2 aliphatic carbocycles. The Bertz CT molecular complexity index is 178. The fourth-order valence-corrected chi connectivity index (χ4v) is 3.62. The molecule has 0 heterocycles. The van der Waals surface area contributed by atoms with Gasteiger partial charge in [-0.1, -0.05) is 33.1 Å². The van der Waals surface area contributed by atoms with Gasteiger partial charge in [-0.05, 0) is 43.6 Å². The van der Waals surface area contributed by atoms with Crippen LogP contribution in [0.25, 0.3) is 0 Å². The van der Waals surface area contributed by atoms with Gasteiger partial charge in [-0.2, -0.15) is 0 Å². The summed E-state index contributed by atoms with van der Waals surface area (Å²) in [6.45, 7) is 5.94. The summed E-state index contributed by atoms with van der Waals surface area (Å²) in [4.78, 5) is 0. The highest BCUT2D eigenvalue weighted by Gasteiger charge is 2.46. The lowest BCUT2D eigenvalue weighted by Gasteiger charge is -2.51. The van der Waals surface area contributed by atoms with Crippen molar-refractivity contribution in [3.63, 3.8) is 0 Å². The second kappa shape index (κ2) is 4.65. The molecule has 0 amide bonds. The van der Waals surface area contributed by atoms with Crippen LogP contribution in [0.1, 0.15) is 52.4 Å².